The predicted octanol–water partition coefficient (Wildman–Crippen LogP) is 0.701. The van der Waals surface area contributed by atoms with Crippen LogP contribution in [0.3, 0.4) is 0 Å². The highest BCUT2D eigenvalue weighted by atomic mass is 16.5. The van der Waals surface area contributed by atoms with Crippen LogP contribution in [0, 0.1) is 5.92 Å². The van der Waals surface area contributed by atoms with Gasteiger partial charge in [-0.15, -0.1) is 0 Å². The minimum atomic E-state index is -0.101. The second-order valence-corrected chi connectivity index (χ2v) is 5.79. The van der Waals surface area contributed by atoms with E-state index < -0.39 is 0 Å². The van der Waals surface area contributed by atoms with E-state index in [-0.39, 0.29) is 23.6 Å². The monoisotopic (exact) mass is 317 g/mol. The zero-order valence-electron chi connectivity index (χ0n) is 13.0. The molecule has 122 valence electrons. The first kappa shape index (κ1) is 15.5. The standard InChI is InChI=1S/C16H19N3O4/c1-2-23-13-4-3-12(7-17-13)16(22)18-8-11(9-18)10-19-14(20)5-6-15(19)21/h3-4,7,11H,2,5-6,8-10H2,1H3. The summed E-state index contributed by atoms with van der Waals surface area (Å²) in [5.74, 6) is 0.374. The van der Waals surface area contributed by atoms with E-state index in [0.717, 1.165) is 0 Å². The van der Waals surface area contributed by atoms with E-state index in [4.69, 9.17) is 4.74 Å². The molecule has 2 aliphatic rings. The van der Waals surface area contributed by atoms with Crippen LogP contribution in [0.2, 0.25) is 0 Å². The Balaban J connectivity index is 1.51. The summed E-state index contributed by atoms with van der Waals surface area (Å²) in [6, 6.07) is 3.37. The molecule has 1 aromatic rings. The second-order valence-electron chi connectivity index (χ2n) is 5.79. The van der Waals surface area contributed by atoms with Crippen LogP contribution < -0.4 is 4.74 Å². The number of likely N-dealkylation sites (tertiary alicyclic amines) is 2. The summed E-state index contributed by atoms with van der Waals surface area (Å²) in [7, 11) is 0. The molecule has 0 unspecified atom stereocenters. The first-order chi connectivity index (χ1) is 11.1. The van der Waals surface area contributed by atoms with Crippen LogP contribution in [0.4, 0.5) is 0 Å². The summed E-state index contributed by atoms with van der Waals surface area (Å²) in [6.45, 7) is 3.94. The maximum absolute atomic E-state index is 12.3. The Bertz CT molecular complexity index is 607. The van der Waals surface area contributed by atoms with E-state index in [2.05, 4.69) is 4.98 Å². The highest BCUT2D eigenvalue weighted by molar-refractivity contribution is 6.02. The molecular weight excluding hydrogens is 298 g/mol. The van der Waals surface area contributed by atoms with Gasteiger partial charge >= 0.3 is 0 Å². The Morgan fingerprint density at radius 3 is 2.52 bits per heavy atom. The maximum Gasteiger partial charge on any atom is 0.255 e. The van der Waals surface area contributed by atoms with E-state index in [1.165, 1.54) is 11.1 Å². The van der Waals surface area contributed by atoms with Crippen molar-refractivity contribution in [1.29, 1.82) is 0 Å². The molecule has 3 rings (SSSR count). The van der Waals surface area contributed by atoms with E-state index in [0.29, 0.717) is 50.5 Å². The number of amides is 3. The predicted molar refractivity (Wildman–Crippen MR) is 80.8 cm³/mol. The van der Waals surface area contributed by atoms with Crippen molar-refractivity contribution in [3.05, 3.63) is 23.9 Å². The first-order valence-electron chi connectivity index (χ1n) is 7.79. The van der Waals surface area contributed by atoms with Crippen LogP contribution in [0.1, 0.15) is 30.1 Å². The summed E-state index contributed by atoms with van der Waals surface area (Å²) in [6.07, 6.45) is 2.13. The van der Waals surface area contributed by atoms with Crippen LogP contribution in [0.15, 0.2) is 18.3 Å². The van der Waals surface area contributed by atoms with E-state index in [1.807, 2.05) is 6.92 Å². The number of hydrogen-bond acceptors (Lipinski definition) is 5. The Morgan fingerprint density at radius 2 is 1.96 bits per heavy atom. The number of hydrogen-bond donors (Lipinski definition) is 0. The Hall–Kier alpha value is -2.44. The number of pyridine rings is 1. The first-order valence-corrected chi connectivity index (χ1v) is 7.79. The number of ether oxygens (including phenoxy) is 1. The molecule has 2 fully saturated rings. The topological polar surface area (TPSA) is 79.8 Å². The number of imide groups is 1. The molecule has 2 saturated heterocycles. The normalized spacial score (nSPS) is 18.3. The smallest absolute Gasteiger partial charge is 0.255 e. The molecule has 0 spiro atoms. The molecule has 0 saturated carbocycles. The molecule has 0 aliphatic carbocycles. The van der Waals surface area contributed by atoms with Crippen molar-refractivity contribution >= 4 is 17.7 Å². The summed E-state index contributed by atoms with van der Waals surface area (Å²) in [5, 5.41) is 0. The molecule has 0 bridgehead atoms. The highest BCUT2D eigenvalue weighted by Gasteiger charge is 2.37. The molecule has 1 aromatic heterocycles. The van der Waals surface area contributed by atoms with Crippen LogP contribution in [0.25, 0.3) is 0 Å². The molecule has 0 radical (unpaired) electrons. The number of nitrogens with zero attached hydrogens (tertiary/aromatic N) is 3. The van der Waals surface area contributed by atoms with Crippen LogP contribution in [-0.4, -0.2) is 58.7 Å². The quantitative estimate of drug-likeness (QED) is 0.747. The van der Waals surface area contributed by atoms with Gasteiger partial charge in [0.1, 0.15) is 0 Å². The fraction of sp³-hybridized carbons (Fsp3) is 0.500. The van der Waals surface area contributed by atoms with Gasteiger partial charge < -0.3 is 9.64 Å². The van der Waals surface area contributed by atoms with Crippen molar-refractivity contribution in [2.75, 3.05) is 26.2 Å². The number of carbonyl (C=O) groups is 3. The molecular formula is C16H19N3O4. The summed E-state index contributed by atoms with van der Waals surface area (Å²) < 4.78 is 5.25. The maximum atomic E-state index is 12.3. The van der Waals surface area contributed by atoms with Crippen LogP contribution in [-0.2, 0) is 9.59 Å². The largest absolute Gasteiger partial charge is 0.478 e. The Labute approximate surface area is 134 Å². The van der Waals surface area contributed by atoms with Crippen molar-refractivity contribution in [1.82, 2.24) is 14.8 Å². The molecule has 3 amide bonds. The molecule has 7 nitrogen and oxygen atoms in total. The van der Waals surface area contributed by atoms with Crippen LogP contribution in [0.5, 0.6) is 5.88 Å². The number of carbonyl (C=O) groups excluding carboxylic acids is 3. The minimum absolute atomic E-state index is 0.0872. The zero-order valence-corrected chi connectivity index (χ0v) is 13.0. The highest BCUT2D eigenvalue weighted by Crippen LogP contribution is 2.22. The van der Waals surface area contributed by atoms with Gasteiger partial charge in [0.2, 0.25) is 17.7 Å². The molecule has 0 atom stereocenters. The van der Waals surface area contributed by atoms with E-state index in [1.54, 1.807) is 17.0 Å². The van der Waals surface area contributed by atoms with Crippen molar-refractivity contribution in [3.8, 4) is 5.88 Å². The molecule has 0 aromatic carbocycles. The Morgan fingerprint density at radius 1 is 1.26 bits per heavy atom. The molecule has 0 N–H and O–H groups in total. The summed E-state index contributed by atoms with van der Waals surface area (Å²) in [4.78, 5) is 42.6. The van der Waals surface area contributed by atoms with Crippen LogP contribution >= 0.6 is 0 Å². The Kier molecular flexibility index (Phi) is 4.27. The third-order valence-electron chi connectivity index (χ3n) is 4.12. The van der Waals surface area contributed by atoms with Gasteiger partial charge in [0.05, 0.1) is 12.2 Å². The lowest BCUT2D eigenvalue weighted by Crippen LogP contribution is -2.54. The number of aromatic nitrogens is 1. The summed E-state index contributed by atoms with van der Waals surface area (Å²) >= 11 is 0. The SMILES string of the molecule is CCOc1ccc(C(=O)N2CC(CN3C(=O)CCC3=O)C2)cn1. The van der Waals surface area contributed by atoms with Gasteiger partial charge in [-0.2, -0.15) is 0 Å². The van der Waals surface area contributed by atoms with Crippen molar-refractivity contribution in [3.63, 3.8) is 0 Å². The lowest BCUT2D eigenvalue weighted by molar-refractivity contribution is -0.139. The molecule has 3 heterocycles. The average molecular weight is 317 g/mol. The van der Waals surface area contributed by atoms with Crippen molar-refractivity contribution in [2.45, 2.75) is 19.8 Å². The lowest BCUT2D eigenvalue weighted by atomic mass is 9.98. The van der Waals surface area contributed by atoms with E-state index in [9.17, 15) is 14.4 Å². The van der Waals surface area contributed by atoms with E-state index >= 15 is 0 Å². The molecule has 7 heteroatoms. The third-order valence-corrected chi connectivity index (χ3v) is 4.12. The minimum Gasteiger partial charge on any atom is -0.478 e. The van der Waals surface area contributed by atoms with Gasteiger partial charge in [0, 0.05) is 50.7 Å². The second kappa shape index (κ2) is 6.36. The van der Waals surface area contributed by atoms with Gasteiger partial charge in [-0.1, -0.05) is 0 Å². The lowest BCUT2D eigenvalue weighted by Gasteiger charge is -2.40. The van der Waals surface area contributed by atoms with Crippen molar-refractivity contribution in [2.24, 2.45) is 5.92 Å². The summed E-state index contributed by atoms with van der Waals surface area (Å²) in [5.41, 5.74) is 0.514. The van der Waals surface area contributed by atoms with Gasteiger partial charge in [-0.05, 0) is 13.0 Å². The fourth-order valence-electron chi connectivity index (χ4n) is 2.86. The third kappa shape index (κ3) is 3.18. The molecule has 23 heavy (non-hydrogen) atoms. The number of rotatable bonds is 5. The van der Waals surface area contributed by atoms with Gasteiger partial charge in [0.15, 0.2) is 0 Å². The van der Waals surface area contributed by atoms with Gasteiger partial charge in [-0.25, -0.2) is 4.98 Å². The molecule has 2 aliphatic heterocycles. The van der Waals surface area contributed by atoms with Crippen molar-refractivity contribution < 1.29 is 19.1 Å². The fourth-order valence-corrected chi connectivity index (χ4v) is 2.86. The van der Waals surface area contributed by atoms with Gasteiger partial charge in [-0.3, -0.25) is 19.3 Å². The zero-order chi connectivity index (χ0) is 16.4. The van der Waals surface area contributed by atoms with Gasteiger partial charge in [0.25, 0.3) is 5.91 Å². The average Bonchev–Trinajstić information content (AvgIpc) is 2.82.